The third-order valence-electron chi connectivity index (χ3n) is 3.20. The number of ketones is 1. The lowest BCUT2D eigenvalue weighted by molar-refractivity contribution is 0.105. The molecular formula is C19H15NO2S. The number of hydrogen-bond acceptors (Lipinski definition) is 4. The van der Waals surface area contributed by atoms with E-state index < -0.39 is 0 Å². The highest BCUT2D eigenvalue weighted by Gasteiger charge is 2.04. The Hall–Kier alpha value is -2.72. The first-order valence-corrected chi connectivity index (χ1v) is 8.08. The molecule has 0 bridgehead atoms. The summed E-state index contributed by atoms with van der Waals surface area (Å²) in [5.41, 5.74) is 1.73. The number of benzene rings is 1. The van der Waals surface area contributed by atoms with Crippen LogP contribution in [0, 0.1) is 0 Å². The SMILES string of the molecule is O=C(/C=C/c1ccccc1OCc1ccccn1)c1cccs1. The number of carbonyl (C=O) groups excluding carboxylic acids is 1. The lowest BCUT2D eigenvalue weighted by atomic mass is 10.1. The van der Waals surface area contributed by atoms with E-state index in [0.717, 1.165) is 21.9 Å². The zero-order valence-electron chi connectivity index (χ0n) is 12.4. The van der Waals surface area contributed by atoms with Gasteiger partial charge in [0, 0.05) is 11.8 Å². The minimum atomic E-state index is -0.000436. The smallest absolute Gasteiger partial charge is 0.195 e. The largest absolute Gasteiger partial charge is 0.487 e. The van der Waals surface area contributed by atoms with Crippen molar-refractivity contribution in [3.8, 4) is 5.75 Å². The number of allylic oxidation sites excluding steroid dienone is 1. The van der Waals surface area contributed by atoms with E-state index in [1.807, 2.05) is 60.0 Å². The summed E-state index contributed by atoms with van der Waals surface area (Å²) in [6.07, 6.45) is 5.11. The molecule has 0 aliphatic rings. The van der Waals surface area contributed by atoms with Crippen LogP contribution in [0.1, 0.15) is 20.9 Å². The first-order valence-electron chi connectivity index (χ1n) is 7.20. The molecule has 0 fully saturated rings. The van der Waals surface area contributed by atoms with Gasteiger partial charge < -0.3 is 4.74 Å². The van der Waals surface area contributed by atoms with Gasteiger partial charge in [0.15, 0.2) is 5.78 Å². The summed E-state index contributed by atoms with van der Waals surface area (Å²) in [5.74, 6) is 0.730. The van der Waals surface area contributed by atoms with Gasteiger partial charge in [0.25, 0.3) is 0 Å². The lowest BCUT2D eigenvalue weighted by Gasteiger charge is -2.08. The Morgan fingerprint density at radius 2 is 1.96 bits per heavy atom. The summed E-state index contributed by atoms with van der Waals surface area (Å²) in [7, 11) is 0. The van der Waals surface area contributed by atoms with Gasteiger partial charge in [0.05, 0.1) is 10.6 Å². The maximum absolute atomic E-state index is 12.0. The van der Waals surface area contributed by atoms with Crippen LogP contribution >= 0.6 is 11.3 Å². The predicted octanol–water partition coefficient (Wildman–Crippen LogP) is 4.62. The Bertz CT molecular complexity index is 795. The number of pyridine rings is 1. The van der Waals surface area contributed by atoms with E-state index in [0.29, 0.717) is 6.61 Å². The second kappa shape index (κ2) is 7.51. The van der Waals surface area contributed by atoms with Crippen molar-refractivity contribution >= 4 is 23.2 Å². The fraction of sp³-hybridized carbons (Fsp3) is 0.0526. The molecule has 1 aromatic carbocycles. The summed E-state index contributed by atoms with van der Waals surface area (Å²) in [5, 5.41) is 1.89. The second-order valence-electron chi connectivity index (χ2n) is 4.82. The summed E-state index contributed by atoms with van der Waals surface area (Å²) in [4.78, 5) is 17.0. The van der Waals surface area contributed by atoms with Crippen LogP contribution in [-0.4, -0.2) is 10.8 Å². The molecular weight excluding hydrogens is 306 g/mol. The zero-order valence-corrected chi connectivity index (χ0v) is 13.2. The Morgan fingerprint density at radius 3 is 2.74 bits per heavy atom. The Labute approximate surface area is 138 Å². The van der Waals surface area contributed by atoms with Crippen LogP contribution in [0.25, 0.3) is 6.08 Å². The third-order valence-corrected chi connectivity index (χ3v) is 4.08. The molecule has 0 aliphatic heterocycles. The van der Waals surface area contributed by atoms with Crippen molar-refractivity contribution in [2.45, 2.75) is 6.61 Å². The molecule has 2 heterocycles. The van der Waals surface area contributed by atoms with Crippen molar-refractivity contribution in [2.75, 3.05) is 0 Å². The molecule has 0 N–H and O–H groups in total. The van der Waals surface area contributed by atoms with Gasteiger partial charge in [-0.15, -0.1) is 11.3 Å². The van der Waals surface area contributed by atoms with E-state index in [9.17, 15) is 4.79 Å². The van der Waals surface area contributed by atoms with Gasteiger partial charge in [0.1, 0.15) is 12.4 Å². The molecule has 114 valence electrons. The van der Waals surface area contributed by atoms with Crippen LogP contribution in [0.4, 0.5) is 0 Å². The topological polar surface area (TPSA) is 39.2 Å². The summed E-state index contributed by atoms with van der Waals surface area (Å²) in [6, 6.07) is 17.0. The average molecular weight is 321 g/mol. The van der Waals surface area contributed by atoms with Crippen molar-refractivity contribution in [1.29, 1.82) is 0 Å². The maximum Gasteiger partial charge on any atom is 0.195 e. The van der Waals surface area contributed by atoms with E-state index >= 15 is 0 Å². The number of nitrogens with zero attached hydrogens (tertiary/aromatic N) is 1. The molecule has 0 radical (unpaired) electrons. The predicted molar refractivity (Wildman–Crippen MR) is 92.7 cm³/mol. The fourth-order valence-corrected chi connectivity index (χ4v) is 2.70. The summed E-state index contributed by atoms with van der Waals surface area (Å²) >= 11 is 1.44. The minimum absolute atomic E-state index is 0.000436. The Morgan fingerprint density at radius 1 is 1.09 bits per heavy atom. The molecule has 0 atom stereocenters. The van der Waals surface area contributed by atoms with Gasteiger partial charge in [-0.25, -0.2) is 0 Å². The van der Waals surface area contributed by atoms with Gasteiger partial charge in [-0.05, 0) is 41.8 Å². The monoisotopic (exact) mass is 321 g/mol. The Balaban J connectivity index is 1.71. The molecule has 3 aromatic rings. The number of thiophene rings is 1. The molecule has 4 heteroatoms. The minimum Gasteiger partial charge on any atom is -0.487 e. The van der Waals surface area contributed by atoms with E-state index in [4.69, 9.17) is 4.74 Å². The number of hydrogen-bond donors (Lipinski definition) is 0. The average Bonchev–Trinajstić information content (AvgIpc) is 3.14. The van der Waals surface area contributed by atoms with E-state index in [2.05, 4.69) is 4.98 Å². The first kappa shape index (κ1) is 15.2. The molecule has 0 amide bonds. The first-order chi connectivity index (χ1) is 11.3. The summed E-state index contributed by atoms with van der Waals surface area (Å²) < 4.78 is 5.82. The standard InChI is InChI=1S/C19H15NO2S/c21-17(19-9-5-13-23-19)11-10-15-6-1-2-8-18(15)22-14-16-7-3-4-12-20-16/h1-13H,14H2/b11-10+. The van der Waals surface area contributed by atoms with Gasteiger partial charge in [-0.2, -0.15) is 0 Å². The van der Waals surface area contributed by atoms with E-state index in [1.165, 1.54) is 11.3 Å². The second-order valence-corrected chi connectivity index (χ2v) is 5.77. The number of carbonyl (C=O) groups is 1. The molecule has 3 nitrogen and oxygen atoms in total. The number of para-hydroxylation sites is 1. The highest BCUT2D eigenvalue weighted by atomic mass is 32.1. The van der Waals surface area contributed by atoms with E-state index in [-0.39, 0.29) is 5.78 Å². The molecule has 0 aliphatic carbocycles. The van der Waals surface area contributed by atoms with Crippen molar-refractivity contribution < 1.29 is 9.53 Å². The number of aromatic nitrogens is 1. The molecule has 23 heavy (non-hydrogen) atoms. The van der Waals surface area contributed by atoms with Crippen LogP contribution in [0.3, 0.4) is 0 Å². The van der Waals surface area contributed by atoms with Gasteiger partial charge in [-0.1, -0.05) is 30.3 Å². The van der Waals surface area contributed by atoms with Crippen LogP contribution in [0.2, 0.25) is 0 Å². The van der Waals surface area contributed by atoms with E-state index in [1.54, 1.807) is 18.3 Å². The molecule has 3 rings (SSSR count). The van der Waals surface area contributed by atoms with Gasteiger partial charge in [-0.3, -0.25) is 9.78 Å². The zero-order chi connectivity index (χ0) is 15.9. The van der Waals surface area contributed by atoms with Crippen molar-refractivity contribution in [3.05, 3.63) is 88.4 Å². The van der Waals surface area contributed by atoms with Crippen LogP contribution in [0.15, 0.2) is 72.3 Å². The highest BCUT2D eigenvalue weighted by Crippen LogP contribution is 2.21. The quantitative estimate of drug-likeness (QED) is 0.491. The van der Waals surface area contributed by atoms with Crippen molar-refractivity contribution in [3.63, 3.8) is 0 Å². The number of ether oxygens (including phenoxy) is 1. The van der Waals surface area contributed by atoms with Crippen molar-refractivity contribution in [2.24, 2.45) is 0 Å². The van der Waals surface area contributed by atoms with Crippen LogP contribution in [0.5, 0.6) is 5.75 Å². The molecule has 0 unspecified atom stereocenters. The lowest BCUT2D eigenvalue weighted by Crippen LogP contribution is -1.99. The fourth-order valence-electron chi connectivity index (χ4n) is 2.05. The van der Waals surface area contributed by atoms with Crippen LogP contribution in [-0.2, 0) is 6.61 Å². The summed E-state index contributed by atoms with van der Waals surface area (Å²) in [6.45, 7) is 0.393. The molecule has 0 saturated heterocycles. The highest BCUT2D eigenvalue weighted by molar-refractivity contribution is 7.12. The van der Waals surface area contributed by atoms with Gasteiger partial charge >= 0.3 is 0 Å². The van der Waals surface area contributed by atoms with Gasteiger partial charge in [0.2, 0.25) is 0 Å². The van der Waals surface area contributed by atoms with Crippen LogP contribution < -0.4 is 4.74 Å². The third kappa shape index (κ3) is 4.14. The van der Waals surface area contributed by atoms with Crippen molar-refractivity contribution in [1.82, 2.24) is 4.98 Å². The molecule has 0 spiro atoms. The molecule has 0 saturated carbocycles. The normalized spacial score (nSPS) is 10.8. The maximum atomic E-state index is 12.0. The number of rotatable bonds is 6. The molecule has 2 aromatic heterocycles. The Kier molecular flexibility index (Phi) is 4.96.